The highest BCUT2D eigenvalue weighted by Crippen LogP contribution is 2.28. The Labute approximate surface area is 215 Å². The minimum Gasteiger partial charge on any atom is -0.495 e. The van der Waals surface area contributed by atoms with E-state index in [1.807, 2.05) is 6.07 Å². The van der Waals surface area contributed by atoms with Gasteiger partial charge in [0, 0.05) is 11.6 Å². The number of nitrogens with one attached hydrogen (secondary N) is 2. The van der Waals surface area contributed by atoms with E-state index in [4.69, 9.17) is 30.5 Å². The molecule has 3 rings (SSSR count). The molecule has 0 radical (unpaired) electrons. The van der Waals surface area contributed by atoms with Crippen LogP contribution in [0.25, 0.3) is 0 Å². The van der Waals surface area contributed by atoms with Gasteiger partial charge in [0.05, 0.1) is 31.9 Å². The molecule has 0 atom stereocenters. The molecule has 0 saturated carbocycles. The quantitative estimate of drug-likeness (QED) is 0.362. The van der Waals surface area contributed by atoms with Crippen LogP contribution in [-0.2, 0) is 21.2 Å². The molecular formula is C25H27ClN2O7S. The van der Waals surface area contributed by atoms with Crippen molar-refractivity contribution in [2.45, 2.75) is 11.3 Å². The lowest BCUT2D eigenvalue weighted by Crippen LogP contribution is -2.26. The SMILES string of the molecule is COc1ccc(Cl)cc1NC(=O)COc1ccc(S(=O)(=O)NCCc2ccc(OC)c(OC)c2)cc1. The standard InChI is InChI=1S/C25H27ClN2O7S/c1-32-22-11-5-18(26)15-21(22)28-25(29)16-35-19-6-8-20(9-7-19)36(30,31)27-13-12-17-4-10-23(33-2)24(14-17)34-3/h4-11,14-15,27H,12-13,16H2,1-3H3,(H,28,29). The molecule has 3 aromatic rings. The number of hydrogen-bond donors (Lipinski definition) is 2. The lowest BCUT2D eigenvalue weighted by molar-refractivity contribution is -0.118. The molecule has 2 N–H and O–H groups in total. The van der Waals surface area contributed by atoms with Crippen molar-refractivity contribution < 1.29 is 32.2 Å². The highest BCUT2D eigenvalue weighted by molar-refractivity contribution is 7.89. The molecule has 0 unspecified atom stereocenters. The van der Waals surface area contributed by atoms with Gasteiger partial charge in [-0.15, -0.1) is 0 Å². The van der Waals surface area contributed by atoms with Crippen LogP contribution < -0.4 is 29.0 Å². The number of hydrogen-bond acceptors (Lipinski definition) is 7. The molecule has 3 aromatic carbocycles. The van der Waals surface area contributed by atoms with Gasteiger partial charge in [-0.3, -0.25) is 4.79 Å². The van der Waals surface area contributed by atoms with E-state index in [0.29, 0.717) is 40.1 Å². The third-order valence-corrected chi connectivity index (χ3v) is 6.81. The summed E-state index contributed by atoms with van der Waals surface area (Å²) in [5.74, 6) is 1.55. The smallest absolute Gasteiger partial charge is 0.262 e. The van der Waals surface area contributed by atoms with Gasteiger partial charge in [-0.25, -0.2) is 13.1 Å². The second-order valence-electron chi connectivity index (χ2n) is 7.49. The van der Waals surface area contributed by atoms with Gasteiger partial charge in [0.1, 0.15) is 11.5 Å². The van der Waals surface area contributed by atoms with Crippen LogP contribution in [-0.4, -0.2) is 48.8 Å². The van der Waals surface area contributed by atoms with Gasteiger partial charge in [-0.1, -0.05) is 17.7 Å². The van der Waals surface area contributed by atoms with Gasteiger partial charge >= 0.3 is 0 Å². The van der Waals surface area contributed by atoms with Crippen molar-refractivity contribution in [2.75, 3.05) is 39.8 Å². The molecule has 0 aliphatic rings. The Morgan fingerprint density at radius 1 is 0.861 bits per heavy atom. The van der Waals surface area contributed by atoms with Crippen LogP contribution in [0.1, 0.15) is 5.56 Å². The third kappa shape index (κ3) is 7.27. The Morgan fingerprint density at radius 3 is 2.19 bits per heavy atom. The summed E-state index contributed by atoms with van der Waals surface area (Å²) in [6.07, 6.45) is 0.466. The highest BCUT2D eigenvalue weighted by Gasteiger charge is 2.15. The molecule has 11 heteroatoms. The van der Waals surface area contributed by atoms with Gasteiger partial charge < -0.3 is 24.3 Å². The van der Waals surface area contributed by atoms with Gasteiger partial charge in [-0.05, 0) is 66.6 Å². The van der Waals surface area contributed by atoms with Crippen LogP contribution in [0.4, 0.5) is 5.69 Å². The number of carbonyl (C=O) groups excluding carboxylic acids is 1. The Morgan fingerprint density at radius 2 is 1.53 bits per heavy atom. The maximum Gasteiger partial charge on any atom is 0.262 e. The van der Waals surface area contributed by atoms with Gasteiger partial charge in [0.2, 0.25) is 10.0 Å². The Balaban J connectivity index is 1.52. The Bertz CT molecular complexity index is 1300. The van der Waals surface area contributed by atoms with Crippen molar-refractivity contribution in [3.05, 3.63) is 71.2 Å². The van der Waals surface area contributed by atoms with E-state index in [-0.39, 0.29) is 18.0 Å². The van der Waals surface area contributed by atoms with Gasteiger partial charge in [0.25, 0.3) is 5.91 Å². The first kappa shape index (κ1) is 27.1. The maximum absolute atomic E-state index is 12.6. The summed E-state index contributed by atoms with van der Waals surface area (Å²) in [5, 5.41) is 3.11. The average Bonchev–Trinajstić information content (AvgIpc) is 2.87. The van der Waals surface area contributed by atoms with E-state index in [9.17, 15) is 13.2 Å². The van der Waals surface area contributed by atoms with Crippen molar-refractivity contribution >= 4 is 33.2 Å². The van der Waals surface area contributed by atoms with Crippen LogP contribution in [0.3, 0.4) is 0 Å². The molecule has 0 aromatic heterocycles. The number of ether oxygens (including phenoxy) is 4. The summed E-state index contributed by atoms with van der Waals surface area (Å²) in [4.78, 5) is 12.3. The topological polar surface area (TPSA) is 112 Å². The summed E-state index contributed by atoms with van der Waals surface area (Å²) in [5.41, 5.74) is 1.31. The summed E-state index contributed by atoms with van der Waals surface area (Å²) >= 11 is 5.97. The lowest BCUT2D eigenvalue weighted by Gasteiger charge is -2.12. The Kier molecular flexibility index (Phi) is 9.40. The van der Waals surface area contributed by atoms with Crippen LogP contribution in [0.5, 0.6) is 23.0 Å². The van der Waals surface area contributed by atoms with Gasteiger partial charge in [0.15, 0.2) is 18.1 Å². The molecule has 0 aliphatic carbocycles. The first-order chi connectivity index (χ1) is 17.2. The average molecular weight is 535 g/mol. The number of methoxy groups -OCH3 is 3. The molecule has 0 heterocycles. The van der Waals surface area contributed by atoms with E-state index >= 15 is 0 Å². The predicted octanol–water partition coefficient (Wildman–Crippen LogP) is 3.90. The first-order valence-corrected chi connectivity index (χ1v) is 12.7. The summed E-state index contributed by atoms with van der Waals surface area (Å²) in [7, 11) is 0.849. The van der Waals surface area contributed by atoms with Crippen molar-refractivity contribution in [3.63, 3.8) is 0 Å². The van der Waals surface area contributed by atoms with E-state index in [1.54, 1.807) is 44.6 Å². The number of halogens is 1. The molecule has 9 nitrogen and oxygen atoms in total. The molecular weight excluding hydrogens is 508 g/mol. The fourth-order valence-electron chi connectivity index (χ4n) is 3.28. The highest BCUT2D eigenvalue weighted by atomic mass is 35.5. The van der Waals surface area contributed by atoms with Crippen molar-refractivity contribution in [1.29, 1.82) is 0 Å². The van der Waals surface area contributed by atoms with Crippen LogP contribution >= 0.6 is 11.6 Å². The van der Waals surface area contributed by atoms with Gasteiger partial charge in [-0.2, -0.15) is 0 Å². The summed E-state index contributed by atoms with van der Waals surface area (Å²) in [6, 6.07) is 16.1. The number of anilines is 1. The van der Waals surface area contributed by atoms with E-state index in [1.165, 1.54) is 31.4 Å². The molecule has 36 heavy (non-hydrogen) atoms. The zero-order valence-electron chi connectivity index (χ0n) is 20.0. The van der Waals surface area contributed by atoms with Crippen LogP contribution in [0.15, 0.2) is 65.6 Å². The zero-order chi connectivity index (χ0) is 26.1. The molecule has 0 bridgehead atoms. The van der Waals surface area contributed by atoms with Crippen molar-refractivity contribution in [2.24, 2.45) is 0 Å². The second kappa shape index (κ2) is 12.5. The van der Waals surface area contributed by atoms with Crippen LogP contribution in [0.2, 0.25) is 5.02 Å². The fourth-order valence-corrected chi connectivity index (χ4v) is 4.48. The monoisotopic (exact) mass is 534 g/mol. The van der Waals surface area contributed by atoms with Crippen molar-refractivity contribution in [3.8, 4) is 23.0 Å². The normalized spacial score (nSPS) is 11.0. The predicted molar refractivity (Wildman–Crippen MR) is 137 cm³/mol. The third-order valence-electron chi connectivity index (χ3n) is 5.09. The minimum absolute atomic E-state index is 0.0790. The molecule has 1 amide bonds. The number of sulfonamides is 1. The first-order valence-electron chi connectivity index (χ1n) is 10.8. The number of benzene rings is 3. The molecule has 0 fully saturated rings. The number of rotatable bonds is 12. The maximum atomic E-state index is 12.6. The summed E-state index contributed by atoms with van der Waals surface area (Å²) in [6.45, 7) is -0.0887. The van der Waals surface area contributed by atoms with E-state index in [2.05, 4.69) is 10.0 Å². The van der Waals surface area contributed by atoms with Crippen molar-refractivity contribution in [1.82, 2.24) is 4.72 Å². The largest absolute Gasteiger partial charge is 0.495 e. The van der Waals surface area contributed by atoms with E-state index in [0.717, 1.165) is 5.56 Å². The number of carbonyl (C=O) groups is 1. The second-order valence-corrected chi connectivity index (χ2v) is 9.69. The summed E-state index contributed by atoms with van der Waals surface area (Å²) < 4.78 is 49.0. The zero-order valence-corrected chi connectivity index (χ0v) is 21.6. The van der Waals surface area contributed by atoms with Crippen LogP contribution in [0, 0.1) is 0 Å². The minimum atomic E-state index is -3.73. The molecule has 0 saturated heterocycles. The van der Waals surface area contributed by atoms with E-state index < -0.39 is 15.9 Å². The molecule has 0 aliphatic heterocycles. The lowest BCUT2D eigenvalue weighted by atomic mass is 10.1. The fraction of sp³-hybridized carbons (Fsp3) is 0.240. The molecule has 192 valence electrons. The molecule has 0 spiro atoms. The number of amides is 1. The Hall–Kier alpha value is -3.47.